The lowest BCUT2D eigenvalue weighted by Gasteiger charge is -2.47. The molecule has 2 aromatic carbocycles. The molecule has 0 bridgehead atoms. The fourth-order valence-corrected chi connectivity index (χ4v) is 5.12. The van der Waals surface area contributed by atoms with Crippen LogP contribution in [0.5, 0.6) is 0 Å². The van der Waals surface area contributed by atoms with Crippen LogP contribution in [0.25, 0.3) is 0 Å². The fourth-order valence-electron chi connectivity index (χ4n) is 4.42. The third kappa shape index (κ3) is 4.95. The highest BCUT2D eigenvalue weighted by atomic mass is 32.2. The van der Waals surface area contributed by atoms with Gasteiger partial charge in [-0.25, -0.2) is 22.7 Å². The minimum Gasteiger partial charge on any atom is -0.334 e. The predicted octanol–water partition coefficient (Wildman–Crippen LogP) is 4.00. The molecule has 2 N–H and O–H groups in total. The number of para-hydroxylation sites is 1. The Morgan fingerprint density at radius 2 is 1.83 bits per heavy atom. The van der Waals surface area contributed by atoms with E-state index in [2.05, 4.69) is 10.0 Å². The summed E-state index contributed by atoms with van der Waals surface area (Å²) in [6, 6.07) is 10.2. The van der Waals surface area contributed by atoms with Crippen molar-refractivity contribution in [1.29, 1.82) is 0 Å². The van der Waals surface area contributed by atoms with Gasteiger partial charge < -0.3 is 10.2 Å². The third-order valence-electron chi connectivity index (χ3n) is 6.65. The normalized spacial score (nSPS) is 17.5. The van der Waals surface area contributed by atoms with E-state index in [0.717, 1.165) is 6.07 Å². The molecule has 2 amide bonds. The van der Waals surface area contributed by atoms with Gasteiger partial charge in [0.05, 0.1) is 22.2 Å². The number of ketones is 1. The molecule has 0 aliphatic carbocycles. The smallest absolute Gasteiger partial charge is 0.317 e. The largest absolute Gasteiger partial charge is 0.334 e. The van der Waals surface area contributed by atoms with Crippen LogP contribution in [-0.2, 0) is 16.6 Å². The minimum absolute atomic E-state index is 0.0538. The average Bonchev–Trinajstić information content (AvgIpc) is 2.83. The van der Waals surface area contributed by atoms with E-state index in [1.807, 2.05) is 0 Å². The summed E-state index contributed by atoms with van der Waals surface area (Å²) in [6.07, 6.45) is 0.657. The number of benzene rings is 2. The maximum absolute atomic E-state index is 15.3. The van der Waals surface area contributed by atoms with Crippen molar-refractivity contribution in [3.05, 3.63) is 59.4 Å². The molecular formula is C24H28F2N4O4S. The number of carbonyl (C=O) groups excluding carboxylic acids is 2. The van der Waals surface area contributed by atoms with Crippen LogP contribution in [0.2, 0.25) is 0 Å². The van der Waals surface area contributed by atoms with E-state index in [9.17, 15) is 22.4 Å². The Labute approximate surface area is 203 Å². The molecule has 2 heterocycles. The van der Waals surface area contributed by atoms with Crippen molar-refractivity contribution in [2.45, 2.75) is 50.4 Å². The van der Waals surface area contributed by atoms with Gasteiger partial charge in [0.25, 0.3) is 0 Å². The highest BCUT2D eigenvalue weighted by Gasteiger charge is 2.47. The van der Waals surface area contributed by atoms with Crippen molar-refractivity contribution in [3.63, 3.8) is 0 Å². The van der Waals surface area contributed by atoms with Gasteiger partial charge in [0, 0.05) is 31.6 Å². The molecule has 0 aromatic heterocycles. The van der Waals surface area contributed by atoms with E-state index in [1.54, 1.807) is 29.2 Å². The standard InChI is InChI=1S/C24H28F2N4O4S/c1-16(2)35(33,34)28-20-13-17(7-8-19(20)25)15-27-23(32)29-11-9-24(10-12-29)14-22(31)18-5-3-4-6-21(18)30(24)26/h3-8,13,16,28H,9-12,14-15H2,1-2H3,(H,27,32). The number of likely N-dealkylation sites (tertiary alicyclic amines) is 1. The first-order valence-corrected chi connectivity index (χ1v) is 13.0. The molecule has 35 heavy (non-hydrogen) atoms. The number of fused-ring (bicyclic) bond motifs is 1. The number of hydrogen-bond acceptors (Lipinski definition) is 5. The first-order valence-electron chi connectivity index (χ1n) is 11.4. The average molecular weight is 507 g/mol. The number of urea groups is 1. The number of anilines is 2. The first-order chi connectivity index (χ1) is 16.5. The quantitative estimate of drug-likeness (QED) is 0.598. The Morgan fingerprint density at radius 3 is 2.51 bits per heavy atom. The predicted molar refractivity (Wildman–Crippen MR) is 129 cm³/mol. The van der Waals surface area contributed by atoms with E-state index < -0.39 is 26.6 Å². The third-order valence-corrected chi connectivity index (χ3v) is 8.40. The second-order valence-corrected chi connectivity index (χ2v) is 11.5. The molecule has 2 aliphatic rings. The summed E-state index contributed by atoms with van der Waals surface area (Å²) in [6.45, 7) is 3.56. The van der Waals surface area contributed by atoms with Crippen molar-refractivity contribution < 1.29 is 26.9 Å². The fraction of sp³-hybridized carbons (Fsp3) is 0.417. The molecule has 2 aliphatic heterocycles. The molecule has 1 saturated heterocycles. The number of carbonyl (C=O) groups is 2. The topological polar surface area (TPSA) is 98.8 Å². The minimum atomic E-state index is -3.72. The number of sulfonamides is 1. The molecule has 2 aromatic rings. The van der Waals surface area contributed by atoms with E-state index >= 15 is 4.48 Å². The maximum Gasteiger partial charge on any atom is 0.317 e. The van der Waals surface area contributed by atoms with E-state index in [0.29, 0.717) is 29.1 Å². The van der Waals surface area contributed by atoms with Crippen molar-refractivity contribution in [2.24, 2.45) is 0 Å². The van der Waals surface area contributed by atoms with Crippen molar-refractivity contribution >= 4 is 33.2 Å². The van der Waals surface area contributed by atoms with Crippen molar-refractivity contribution in [3.8, 4) is 0 Å². The molecule has 0 unspecified atom stereocenters. The van der Waals surface area contributed by atoms with Crippen LogP contribution in [0, 0.1) is 5.82 Å². The number of amides is 2. The van der Waals surface area contributed by atoms with Crippen LogP contribution < -0.4 is 15.2 Å². The Hall–Kier alpha value is -3.21. The molecule has 0 saturated carbocycles. The zero-order valence-electron chi connectivity index (χ0n) is 19.6. The number of rotatable bonds is 5. The van der Waals surface area contributed by atoms with Crippen LogP contribution in [0.1, 0.15) is 49.0 Å². The summed E-state index contributed by atoms with van der Waals surface area (Å²) in [4.78, 5) is 26.9. The van der Waals surface area contributed by atoms with E-state index in [-0.39, 0.29) is 49.2 Å². The number of nitrogens with zero attached hydrogens (tertiary/aromatic N) is 2. The molecule has 0 atom stereocenters. The molecular weight excluding hydrogens is 478 g/mol. The van der Waals surface area contributed by atoms with Crippen LogP contribution in [0.15, 0.2) is 42.5 Å². The Balaban J connectivity index is 1.37. The van der Waals surface area contributed by atoms with Crippen LogP contribution >= 0.6 is 0 Å². The van der Waals surface area contributed by atoms with Gasteiger partial charge in [-0.3, -0.25) is 9.52 Å². The van der Waals surface area contributed by atoms with Crippen LogP contribution in [-0.4, -0.2) is 49.0 Å². The van der Waals surface area contributed by atoms with Crippen LogP contribution in [0.3, 0.4) is 0 Å². The lowest BCUT2D eigenvalue weighted by Crippen LogP contribution is -2.57. The van der Waals surface area contributed by atoms with E-state index in [1.165, 1.54) is 26.0 Å². The second kappa shape index (κ2) is 9.44. The van der Waals surface area contributed by atoms with Gasteiger partial charge in [0.1, 0.15) is 5.82 Å². The number of halogens is 2. The van der Waals surface area contributed by atoms with Gasteiger partial charge in [0.2, 0.25) is 10.0 Å². The van der Waals surface area contributed by atoms with Gasteiger partial charge >= 0.3 is 6.03 Å². The number of hydrogen-bond donors (Lipinski definition) is 2. The first kappa shape index (κ1) is 24.9. The maximum atomic E-state index is 15.3. The van der Waals surface area contributed by atoms with Gasteiger partial charge in [-0.2, -0.15) is 0 Å². The zero-order chi connectivity index (χ0) is 25.4. The Kier molecular flexibility index (Phi) is 6.72. The SMILES string of the molecule is CC(C)S(=O)(=O)Nc1cc(CNC(=O)N2CCC3(CC2)CC(=O)c2ccccc2N3F)ccc1F. The number of nitrogens with one attached hydrogen (secondary N) is 2. The molecule has 188 valence electrons. The summed E-state index contributed by atoms with van der Waals surface area (Å²) in [5.41, 5.74) is -0.00600. The summed E-state index contributed by atoms with van der Waals surface area (Å²) in [5.74, 6) is -0.822. The van der Waals surface area contributed by atoms with Gasteiger partial charge in [-0.1, -0.05) is 22.7 Å². The lowest BCUT2D eigenvalue weighted by molar-refractivity contribution is 0.0805. The molecule has 8 nitrogen and oxygen atoms in total. The Morgan fingerprint density at radius 1 is 1.14 bits per heavy atom. The zero-order valence-corrected chi connectivity index (χ0v) is 20.4. The highest BCUT2D eigenvalue weighted by molar-refractivity contribution is 7.93. The van der Waals surface area contributed by atoms with Crippen LogP contribution in [0.4, 0.5) is 25.0 Å². The monoisotopic (exact) mass is 506 g/mol. The van der Waals surface area contributed by atoms with Gasteiger partial charge in [0.15, 0.2) is 5.78 Å². The van der Waals surface area contributed by atoms with Gasteiger partial charge in [-0.15, -0.1) is 0 Å². The Bertz CT molecular complexity index is 1240. The highest BCUT2D eigenvalue weighted by Crippen LogP contribution is 2.43. The number of Topliss-reactive ketones (excluding diaryl/α,β-unsaturated/α-hetero) is 1. The van der Waals surface area contributed by atoms with Crippen molar-refractivity contribution in [2.75, 3.05) is 22.9 Å². The summed E-state index contributed by atoms with van der Waals surface area (Å²) >= 11 is 0. The van der Waals surface area contributed by atoms with Crippen molar-refractivity contribution in [1.82, 2.24) is 10.2 Å². The summed E-state index contributed by atoms with van der Waals surface area (Å²) < 4.78 is 55.8. The molecule has 1 fully saturated rings. The molecule has 4 rings (SSSR count). The molecule has 0 radical (unpaired) electrons. The number of piperidine rings is 1. The van der Waals surface area contributed by atoms with Gasteiger partial charge in [-0.05, 0) is 56.5 Å². The summed E-state index contributed by atoms with van der Waals surface area (Å²) in [5, 5.41) is 2.70. The van der Waals surface area contributed by atoms with E-state index in [4.69, 9.17) is 0 Å². The lowest BCUT2D eigenvalue weighted by atomic mass is 9.78. The second-order valence-electron chi connectivity index (χ2n) is 9.28. The summed E-state index contributed by atoms with van der Waals surface area (Å²) in [7, 11) is -3.72. The molecule has 11 heteroatoms. The molecule has 1 spiro atoms.